The second-order valence-corrected chi connectivity index (χ2v) is 5.11. The maximum Gasteiger partial charge on any atom is 0.108 e. The first-order valence-corrected chi connectivity index (χ1v) is 6.40. The number of rotatable bonds is 2. The summed E-state index contributed by atoms with van der Waals surface area (Å²) in [6.07, 6.45) is 2.56. The Balaban J connectivity index is 2.06. The Kier molecular flexibility index (Phi) is 3.42. The molecule has 1 fully saturated rings. The molecule has 0 radical (unpaired) electrons. The van der Waals surface area contributed by atoms with Crippen LogP contribution in [0.5, 0.6) is 0 Å². The minimum absolute atomic E-state index is 0.549. The predicted molar refractivity (Wildman–Crippen MR) is 61.1 cm³/mol. The van der Waals surface area contributed by atoms with Crippen LogP contribution in [0.3, 0.4) is 0 Å². The molecule has 1 aromatic heterocycles. The lowest BCUT2D eigenvalue weighted by Crippen LogP contribution is -2.30. The third kappa shape index (κ3) is 2.27. The van der Waals surface area contributed by atoms with Gasteiger partial charge in [-0.2, -0.15) is 0 Å². The van der Waals surface area contributed by atoms with Crippen LogP contribution in [0.4, 0.5) is 0 Å². The Morgan fingerprint density at radius 1 is 1.71 bits per heavy atom. The summed E-state index contributed by atoms with van der Waals surface area (Å²) in [6, 6.07) is 0. The summed E-state index contributed by atoms with van der Waals surface area (Å²) in [6.45, 7) is 2.37. The van der Waals surface area contributed by atoms with Crippen molar-refractivity contribution in [1.82, 2.24) is 9.88 Å². The van der Waals surface area contributed by atoms with Crippen molar-refractivity contribution in [2.24, 2.45) is 0 Å². The molecule has 1 saturated heterocycles. The molecular weight excluding hydrogens is 216 g/mol. The normalized spacial score (nSPS) is 24.0. The van der Waals surface area contributed by atoms with Gasteiger partial charge in [0.1, 0.15) is 5.01 Å². The van der Waals surface area contributed by atoms with Crippen LogP contribution >= 0.6 is 22.9 Å². The number of likely N-dealkylation sites (tertiary alicyclic amines) is 1. The average Bonchev–Trinajstić information content (AvgIpc) is 2.66. The summed E-state index contributed by atoms with van der Waals surface area (Å²) < 4.78 is 0. The van der Waals surface area contributed by atoms with E-state index in [-0.39, 0.29) is 0 Å². The lowest BCUT2D eigenvalue weighted by Gasteiger charge is -2.28. The smallest absolute Gasteiger partial charge is 0.108 e. The summed E-state index contributed by atoms with van der Waals surface area (Å²) in [7, 11) is 2.18. The van der Waals surface area contributed by atoms with E-state index in [1.54, 1.807) is 11.3 Å². The first-order valence-electron chi connectivity index (χ1n) is 4.98. The third-order valence-electron chi connectivity index (χ3n) is 2.73. The molecule has 0 aliphatic carbocycles. The maximum absolute atomic E-state index is 5.75. The molecular formula is C10H15ClN2S. The molecule has 1 atom stereocenters. The molecule has 1 aliphatic heterocycles. The quantitative estimate of drug-likeness (QED) is 0.727. The number of halogens is 1. The molecule has 0 aromatic carbocycles. The number of piperidine rings is 1. The Morgan fingerprint density at radius 2 is 2.57 bits per heavy atom. The number of alkyl halides is 1. The lowest BCUT2D eigenvalue weighted by atomic mass is 9.96. The highest BCUT2D eigenvalue weighted by atomic mass is 35.5. The summed E-state index contributed by atoms with van der Waals surface area (Å²) in [5.41, 5.74) is 1.25. The lowest BCUT2D eigenvalue weighted by molar-refractivity contribution is 0.249. The zero-order chi connectivity index (χ0) is 9.97. The molecule has 1 aromatic rings. The van der Waals surface area contributed by atoms with Gasteiger partial charge in [0.15, 0.2) is 0 Å². The van der Waals surface area contributed by atoms with Crippen molar-refractivity contribution in [2.45, 2.75) is 24.6 Å². The third-order valence-corrected chi connectivity index (χ3v) is 4.01. The van der Waals surface area contributed by atoms with E-state index in [0.29, 0.717) is 11.8 Å². The molecule has 2 heterocycles. The second-order valence-electron chi connectivity index (χ2n) is 3.90. The van der Waals surface area contributed by atoms with E-state index in [0.717, 1.165) is 11.6 Å². The first-order chi connectivity index (χ1) is 6.79. The molecule has 4 heteroatoms. The zero-order valence-electron chi connectivity index (χ0n) is 8.37. The predicted octanol–water partition coefficient (Wildman–Crippen LogP) is 2.69. The average molecular weight is 231 g/mol. The van der Waals surface area contributed by atoms with E-state index in [4.69, 9.17) is 11.6 Å². The SMILES string of the molecule is CN1CCCC(c2csc(CCl)n2)C1. The molecule has 0 N–H and O–H groups in total. The van der Waals surface area contributed by atoms with Gasteiger partial charge in [0, 0.05) is 17.8 Å². The van der Waals surface area contributed by atoms with Crippen molar-refractivity contribution in [1.29, 1.82) is 0 Å². The summed E-state index contributed by atoms with van der Waals surface area (Å²) in [4.78, 5) is 6.93. The number of thiazole rings is 1. The van der Waals surface area contributed by atoms with E-state index in [1.807, 2.05) is 0 Å². The highest BCUT2D eigenvalue weighted by Gasteiger charge is 2.20. The Hall–Kier alpha value is -0.120. The minimum Gasteiger partial charge on any atom is -0.306 e. The van der Waals surface area contributed by atoms with E-state index in [9.17, 15) is 0 Å². The van der Waals surface area contributed by atoms with Crippen LogP contribution in [-0.4, -0.2) is 30.0 Å². The van der Waals surface area contributed by atoms with Crippen molar-refractivity contribution in [2.75, 3.05) is 20.1 Å². The standard InChI is InChI=1S/C10H15ClN2S/c1-13-4-2-3-8(6-13)9-7-14-10(5-11)12-9/h7-8H,2-6H2,1H3. The van der Waals surface area contributed by atoms with Crippen LogP contribution in [0, 0.1) is 0 Å². The van der Waals surface area contributed by atoms with Crippen LogP contribution in [0.2, 0.25) is 0 Å². The van der Waals surface area contributed by atoms with Gasteiger partial charge in [-0.1, -0.05) is 0 Å². The monoisotopic (exact) mass is 230 g/mol. The van der Waals surface area contributed by atoms with Gasteiger partial charge in [0.2, 0.25) is 0 Å². The number of nitrogens with zero attached hydrogens (tertiary/aromatic N) is 2. The van der Waals surface area contributed by atoms with Crippen molar-refractivity contribution in [3.63, 3.8) is 0 Å². The highest BCUT2D eigenvalue weighted by molar-refractivity contribution is 7.09. The number of hydrogen-bond acceptors (Lipinski definition) is 3. The molecule has 0 bridgehead atoms. The van der Waals surface area contributed by atoms with Gasteiger partial charge in [0.05, 0.1) is 11.6 Å². The van der Waals surface area contributed by atoms with Gasteiger partial charge in [0.25, 0.3) is 0 Å². The topological polar surface area (TPSA) is 16.1 Å². The maximum atomic E-state index is 5.75. The number of likely N-dealkylation sites (N-methyl/N-ethyl adjacent to an activating group) is 1. The van der Waals surface area contributed by atoms with Crippen LogP contribution < -0.4 is 0 Å². The van der Waals surface area contributed by atoms with Gasteiger partial charge in [-0.05, 0) is 26.4 Å². The molecule has 0 saturated carbocycles. The highest BCUT2D eigenvalue weighted by Crippen LogP contribution is 2.27. The minimum atomic E-state index is 0.549. The van der Waals surface area contributed by atoms with Crippen LogP contribution in [-0.2, 0) is 5.88 Å². The number of aromatic nitrogens is 1. The van der Waals surface area contributed by atoms with Gasteiger partial charge in [-0.25, -0.2) is 4.98 Å². The Labute approximate surface area is 93.9 Å². The van der Waals surface area contributed by atoms with Gasteiger partial charge in [-0.3, -0.25) is 0 Å². The first kappa shape index (κ1) is 10.4. The molecule has 1 unspecified atom stereocenters. The largest absolute Gasteiger partial charge is 0.306 e. The van der Waals surface area contributed by atoms with Crippen LogP contribution in [0.15, 0.2) is 5.38 Å². The fourth-order valence-electron chi connectivity index (χ4n) is 1.98. The molecule has 1 aliphatic rings. The molecule has 78 valence electrons. The molecule has 0 spiro atoms. The fourth-order valence-corrected chi connectivity index (χ4v) is 2.95. The summed E-state index contributed by atoms with van der Waals surface area (Å²) >= 11 is 7.43. The fraction of sp³-hybridized carbons (Fsp3) is 0.700. The van der Waals surface area contributed by atoms with Crippen LogP contribution in [0.25, 0.3) is 0 Å². The summed E-state index contributed by atoms with van der Waals surface area (Å²) in [5, 5.41) is 3.22. The van der Waals surface area contributed by atoms with Gasteiger partial charge in [-0.15, -0.1) is 22.9 Å². The molecule has 14 heavy (non-hydrogen) atoms. The van der Waals surface area contributed by atoms with Crippen LogP contribution in [0.1, 0.15) is 29.5 Å². The summed E-state index contributed by atoms with van der Waals surface area (Å²) in [5.74, 6) is 1.18. The molecule has 2 nitrogen and oxygen atoms in total. The molecule has 2 rings (SSSR count). The number of hydrogen-bond donors (Lipinski definition) is 0. The van der Waals surface area contributed by atoms with Crippen molar-refractivity contribution in [3.05, 3.63) is 16.1 Å². The molecule has 0 amide bonds. The second kappa shape index (κ2) is 4.60. The zero-order valence-corrected chi connectivity index (χ0v) is 9.94. The van der Waals surface area contributed by atoms with E-state index >= 15 is 0 Å². The van der Waals surface area contributed by atoms with E-state index in [2.05, 4.69) is 22.3 Å². The van der Waals surface area contributed by atoms with Crippen molar-refractivity contribution >= 4 is 22.9 Å². The van der Waals surface area contributed by atoms with Crippen molar-refractivity contribution in [3.8, 4) is 0 Å². The van der Waals surface area contributed by atoms with Crippen molar-refractivity contribution < 1.29 is 0 Å². The Morgan fingerprint density at radius 3 is 3.21 bits per heavy atom. The van der Waals surface area contributed by atoms with E-state index < -0.39 is 0 Å². The van der Waals surface area contributed by atoms with Gasteiger partial charge >= 0.3 is 0 Å². The van der Waals surface area contributed by atoms with E-state index in [1.165, 1.54) is 25.1 Å². The van der Waals surface area contributed by atoms with Gasteiger partial charge < -0.3 is 4.90 Å². The Bertz CT molecular complexity index is 300.